The van der Waals surface area contributed by atoms with E-state index < -0.39 is 0 Å². The van der Waals surface area contributed by atoms with Crippen LogP contribution in [0.1, 0.15) is 63.5 Å². The summed E-state index contributed by atoms with van der Waals surface area (Å²) in [6.07, 6.45) is 10.6. The van der Waals surface area contributed by atoms with Crippen molar-refractivity contribution in [2.45, 2.75) is 65.2 Å². The van der Waals surface area contributed by atoms with Crippen LogP contribution in [0.4, 0.5) is 0 Å². The highest BCUT2D eigenvalue weighted by molar-refractivity contribution is 5.25. The molecule has 0 aliphatic heterocycles. The average Bonchev–Trinajstić information content (AvgIpc) is 2.34. The molecule has 0 heteroatoms. The van der Waals surface area contributed by atoms with Gasteiger partial charge in [-0.25, -0.2) is 0 Å². The molecular weight excluding hydrogens is 192 g/mol. The highest BCUT2D eigenvalue weighted by Gasteiger charge is 1.99. The summed E-state index contributed by atoms with van der Waals surface area (Å²) in [5.41, 5.74) is 2.93. The predicted molar refractivity (Wildman–Crippen MR) is 71.7 cm³/mol. The van der Waals surface area contributed by atoms with Gasteiger partial charge in [-0.05, 0) is 36.5 Å². The number of benzene rings is 1. The second-order valence-corrected chi connectivity index (χ2v) is 4.55. The van der Waals surface area contributed by atoms with Crippen LogP contribution in [0, 0.1) is 6.07 Å². The lowest BCUT2D eigenvalue weighted by molar-refractivity contribution is 0.606. The molecule has 0 aliphatic carbocycles. The molecule has 0 spiro atoms. The summed E-state index contributed by atoms with van der Waals surface area (Å²) < 4.78 is 0. The van der Waals surface area contributed by atoms with Crippen LogP contribution in [0.3, 0.4) is 0 Å². The molecule has 0 fully saturated rings. The number of rotatable bonds is 8. The molecule has 16 heavy (non-hydrogen) atoms. The van der Waals surface area contributed by atoms with Crippen LogP contribution in [0.2, 0.25) is 0 Å². The molecule has 0 saturated carbocycles. The normalized spacial score (nSPS) is 10.6. The molecule has 0 aliphatic rings. The van der Waals surface area contributed by atoms with E-state index in [2.05, 4.69) is 32.0 Å². The summed E-state index contributed by atoms with van der Waals surface area (Å²) in [5, 5.41) is 0. The maximum absolute atomic E-state index is 3.39. The zero-order chi connectivity index (χ0) is 11.6. The zero-order valence-corrected chi connectivity index (χ0v) is 10.9. The highest BCUT2D eigenvalue weighted by atomic mass is 14.0. The summed E-state index contributed by atoms with van der Waals surface area (Å²) in [6.45, 7) is 4.50. The number of aryl methyl sites for hydroxylation is 2. The number of unbranched alkanes of at least 4 members (excludes halogenated alkanes) is 5. The quantitative estimate of drug-likeness (QED) is 0.540. The molecule has 0 aromatic heterocycles. The zero-order valence-electron chi connectivity index (χ0n) is 10.9. The lowest BCUT2D eigenvalue weighted by atomic mass is 9.99. The molecule has 1 rings (SSSR count). The minimum Gasteiger partial charge on any atom is -0.0654 e. The molecule has 0 heterocycles. The van der Waals surface area contributed by atoms with E-state index >= 15 is 0 Å². The molecule has 0 unspecified atom stereocenters. The Morgan fingerprint density at radius 3 is 2.50 bits per heavy atom. The van der Waals surface area contributed by atoms with Crippen molar-refractivity contribution in [2.24, 2.45) is 0 Å². The van der Waals surface area contributed by atoms with Crippen LogP contribution in [0.15, 0.2) is 18.2 Å². The van der Waals surface area contributed by atoms with E-state index in [4.69, 9.17) is 0 Å². The predicted octanol–water partition coefficient (Wildman–Crippen LogP) is 4.95. The van der Waals surface area contributed by atoms with Crippen LogP contribution in [0.25, 0.3) is 0 Å². The van der Waals surface area contributed by atoms with E-state index in [-0.39, 0.29) is 0 Å². The van der Waals surface area contributed by atoms with Gasteiger partial charge < -0.3 is 0 Å². The van der Waals surface area contributed by atoms with Crippen LogP contribution in [-0.4, -0.2) is 0 Å². The second kappa shape index (κ2) is 8.38. The Morgan fingerprint density at radius 1 is 1.00 bits per heavy atom. The average molecular weight is 217 g/mol. The molecule has 1 aromatic carbocycles. The monoisotopic (exact) mass is 217 g/mol. The first-order chi connectivity index (χ1) is 7.88. The van der Waals surface area contributed by atoms with Crippen molar-refractivity contribution in [3.63, 3.8) is 0 Å². The van der Waals surface area contributed by atoms with E-state index in [0.717, 1.165) is 6.42 Å². The van der Waals surface area contributed by atoms with Gasteiger partial charge in [0, 0.05) is 0 Å². The Labute approximate surface area is 101 Å². The van der Waals surface area contributed by atoms with Gasteiger partial charge in [0.15, 0.2) is 0 Å². The Morgan fingerprint density at radius 2 is 1.75 bits per heavy atom. The third kappa shape index (κ3) is 4.83. The first-order valence-corrected chi connectivity index (χ1v) is 6.87. The molecule has 0 amide bonds. The van der Waals surface area contributed by atoms with Gasteiger partial charge in [-0.2, -0.15) is 0 Å². The maximum Gasteiger partial charge on any atom is -0.0146 e. The van der Waals surface area contributed by atoms with Gasteiger partial charge in [0.25, 0.3) is 0 Å². The summed E-state index contributed by atoms with van der Waals surface area (Å²) >= 11 is 0. The fourth-order valence-corrected chi connectivity index (χ4v) is 2.15. The Kier molecular flexibility index (Phi) is 6.96. The summed E-state index contributed by atoms with van der Waals surface area (Å²) in [5.74, 6) is 0. The van der Waals surface area contributed by atoms with Gasteiger partial charge in [0.05, 0.1) is 0 Å². The van der Waals surface area contributed by atoms with Gasteiger partial charge in [0.1, 0.15) is 0 Å². The van der Waals surface area contributed by atoms with Crippen molar-refractivity contribution < 1.29 is 0 Å². The van der Waals surface area contributed by atoms with E-state index in [9.17, 15) is 0 Å². The van der Waals surface area contributed by atoms with E-state index in [1.165, 1.54) is 56.1 Å². The summed E-state index contributed by atoms with van der Waals surface area (Å²) in [7, 11) is 0. The smallest absolute Gasteiger partial charge is 0.0146 e. The molecule has 1 radical (unpaired) electrons. The molecule has 0 bridgehead atoms. The lowest BCUT2D eigenvalue weighted by Gasteiger charge is -2.06. The molecule has 0 saturated heterocycles. The van der Waals surface area contributed by atoms with E-state index in [1.807, 2.05) is 6.07 Å². The standard InChI is InChI=1S/C16H25/c1-3-5-6-7-8-9-13-16-14-11-10-12-15(16)4-2/h10-12H,3-9,13H2,1-2H3. The van der Waals surface area contributed by atoms with Crippen LogP contribution < -0.4 is 0 Å². The highest BCUT2D eigenvalue weighted by Crippen LogP contribution is 2.13. The van der Waals surface area contributed by atoms with E-state index in [0.29, 0.717) is 0 Å². The van der Waals surface area contributed by atoms with Crippen molar-refractivity contribution in [1.29, 1.82) is 0 Å². The van der Waals surface area contributed by atoms with E-state index in [1.54, 1.807) is 0 Å². The first kappa shape index (κ1) is 13.3. The number of hydrogen-bond acceptors (Lipinski definition) is 0. The van der Waals surface area contributed by atoms with Crippen LogP contribution >= 0.6 is 0 Å². The van der Waals surface area contributed by atoms with Gasteiger partial charge in [-0.3, -0.25) is 0 Å². The molecule has 1 aromatic rings. The van der Waals surface area contributed by atoms with Crippen molar-refractivity contribution in [3.05, 3.63) is 35.4 Å². The minimum atomic E-state index is 1.14. The first-order valence-electron chi connectivity index (χ1n) is 6.87. The molecule has 0 N–H and O–H groups in total. The summed E-state index contributed by atoms with van der Waals surface area (Å²) in [6, 6.07) is 9.78. The molecule has 89 valence electrons. The Bertz CT molecular complexity index is 275. The van der Waals surface area contributed by atoms with Gasteiger partial charge in [-0.15, -0.1) is 0 Å². The third-order valence-corrected chi connectivity index (χ3v) is 3.20. The van der Waals surface area contributed by atoms with Crippen molar-refractivity contribution in [2.75, 3.05) is 0 Å². The van der Waals surface area contributed by atoms with Crippen LogP contribution in [0.5, 0.6) is 0 Å². The largest absolute Gasteiger partial charge is 0.0654 e. The third-order valence-electron chi connectivity index (χ3n) is 3.20. The van der Waals surface area contributed by atoms with Gasteiger partial charge in [0.2, 0.25) is 0 Å². The minimum absolute atomic E-state index is 1.14. The fraction of sp³-hybridized carbons (Fsp3) is 0.625. The van der Waals surface area contributed by atoms with Crippen molar-refractivity contribution in [1.82, 2.24) is 0 Å². The topological polar surface area (TPSA) is 0 Å². The van der Waals surface area contributed by atoms with Crippen LogP contribution in [-0.2, 0) is 12.8 Å². The van der Waals surface area contributed by atoms with Gasteiger partial charge >= 0.3 is 0 Å². The molecule has 0 nitrogen and oxygen atoms in total. The Hall–Kier alpha value is -0.780. The fourth-order valence-electron chi connectivity index (χ4n) is 2.15. The molecular formula is C16H25. The van der Waals surface area contributed by atoms with Crippen molar-refractivity contribution >= 4 is 0 Å². The number of hydrogen-bond donors (Lipinski definition) is 0. The second-order valence-electron chi connectivity index (χ2n) is 4.55. The van der Waals surface area contributed by atoms with Gasteiger partial charge in [-0.1, -0.05) is 64.2 Å². The Balaban J connectivity index is 2.21. The lowest BCUT2D eigenvalue weighted by Crippen LogP contribution is -1.93. The SMILES string of the molecule is CCCCCCCCc1[c]cccc1CC. The molecule has 0 atom stereocenters. The van der Waals surface area contributed by atoms with Crippen molar-refractivity contribution in [3.8, 4) is 0 Å². The maximum atomic E-state index is 3.39. The summed E-state index contributed by atoms with van der Waals surface area (Å²) in [4.78, 5) is 0.